The molecule has 2 aromatic carbocycles. The van der Waals surface area contributed by atoms with Crippen molar-refractivity contribution in [2.24, 2.45) is 0 Å². The van der Waals surface area contributed by atoms with Crippen molar-refractivity contribution in [3.05, 3.63) is 71.8 Å². The second-order valence-corrected chi connectivity index (χ2v) is 6.33. The van der Waals surface area contributed by atoms with E-state index in [9.17, 15) is 8.42 Å². The highest BCUT2D eigenvalue weighted by atomic mass is 35.5. The van der Waals surface area contributed by atoms with E-state index >= 15 is 0 Å². The Morgan fingerprint density at radius 2 is 1.90 bits per heavy atom. The summed E-state index contributed by atoms with van der Waals surface area (Å²) in [5.74, 6) is 0. The van der Waals surface area contributed by atoms with Crippen LogP contribution in [-0.4, -0.2) is 8.42 Å². The van der Waals surface area contributed by atoms with Gasteiger partial charge in [-0.3, -0.25) is 4.72 Å². The Morgan fingerprint density at radius 3 is 2.60 bits per heavy atom. The van der Waals surface area contributed by atoms with Crippen LogP contribution in [0.5, 0.6) is 0 Å². The second-order valence-electron chi connectivity index (χ2n) is 4.21. The summed E-state index contributed by atoms with van der Waals surface area (Å²) in [6, 6.07) is 13.4. The van der Waals surface area contributed by atoms with Crippen LogP contribution in [0, 0.1) is 0 Å². The maximum Gasteiger partial charge on any atom is 0.261 e. The zero-order chi connectivity index (χ0) is 14.6. The van der Waals surface area contributed by atoms with Gasteiger partial charge in [0.05, 0.1) is 10.6 Å². The third-order valence-corrected chi connectivity index (χ3v) is 4.33. The third-order valence-electron chi connectivity index (χ3n) is 2.73. The van der Waals surface area contributed by atoms with Gasteiger partial charge in [0.15, 0.2) is 0 Å². The molecule has 0 aliphatic carbocycles. The van der Waals surface area contributed by atoms with Crippen molar-refractivity contribution in [3.63, 3.8) is 0 Å². The first-order valence-electron chi connectivity index (χ1n) is 6.00. The Bertz CT molecular complexity index is 726. The molecule has 0 saturated heterocycles. The van der Waals surface area contributed by atoms with E-state index in [2.05, 4.69) is 11.3 Å². The highest BCUT2D eigenvalue weighted by molar-refractivity contribution is 7.92. The maximum absolute atomic E-state index is 12.3. The number of sulfonamides is 1. The number of rotatable bonds is 5. The zero-order valence-electron chi connectivity index (χ0n) is 10.7. The molecule has 0 bridgehead atoms. The van der Waals surface area contributed by atoms with Gasteiger partial charge < -0.3 is 0 Å². The summed E-state index contributed by atoms with van der Waals surface area (Å²) in [6.45, 7) is 3.67. The molecule has 0 amide bonds. The molecule has 3 nitrogen and oxygen atoms in total. The molecule has 0 radical (unpaired) electrons. The number of para-hydroxylation sites is 1. The van der Waals surface area contributed by atoms with Crippen LogP contribution in [0.25, 0.3) is 0 Å². The van der Waals surface area contributed by atoms with Gasteiger partial charge in [-0.2, -0.15) is 0 Å². The topological polar surface area (TPSA) is 46.2 Å². The summed E-state index contributed by atoms with van der Waals surface area (Å²) < 4.78 is 27.2. The van der Waals surface area contributed by atoms with Gasteiger partial charge in [-0.1, -0.05) is 41.9 Å². The molecule has 0 heterocycles. The van der Waals surface area contributed by atoms with Gasteiger partial charge >= 0.3 is 0 Å². The number of anilines is 1. The normalized spacial score (nSPS) is 11.1. The molecule has 0 aliphatic rings. The lowest BCUT2D eigenvalue weighted by Crippen LogP contribution is -2.14. The van der Waals surface area contributed by atoms with Gasteiger partial charge in [0.1, 0.15) is 0 Å². The molecule has 2 aromatic rings. The van der Waals surface area contributed by atoms with Gasteiger partial charge in [0.25, 0.3) is 10.0 Å². The number of allylic oxidation sites excluding steroid dienone is 1. The van der Waals surface area contributed by atoms with Crippen molar-refractivity contribution in [1.82, 2.24) is 0 Å². The van der Waals surface area contributed by atoms with E-state index in [0.29, 0.717) is 17.1 Å². The molecule has 0 saturated carbocycles. The first kappa shape index (κ1) is 14.6. The van der Waals surface area contributed by atoms with Crippen LogP contribution < -0.4 is 4.72 Å². The van der Waals surface area contributed by atoms with Crippen LogP contribution in [0.1, 0.15) is 5.56 Å². The molecule has 0 fully saturated rings. The highest BCUT2D eigenvalue weighted by Gasteiger charge is 2.15. The number of halogens is 1. The SMILES string of the molecule is C=CCc1ccccc1NS(=O)(=O)c1cccc(Cl)c1. The fraction of sp³-hybridized carbons (Fsp3) is 0.0667. The lowest BCUT2D eigenvalue weighted by molar-refractivity contribution is 0.601. The van der Waals surface area contributed by atoms with E-state index in [1.54, 1.807) is 30.3 Å². The Hall–Kier alpha value is -1.78. The van der Waals surface area contributed by atoms with Crippen molar-refractivity contribution in [2.45, 2.75) is 11.3 Å². The number of benzene rings is 2. The van der Waals surface area contributed by atoms with E-state index in [1.807, 2.05) is 12.1 Å². The van der Waals surface area contributed by atoms with Crippen LogP contribution in [0.3, 0.4) is 0 Å². The molecule has 20 heavy (non-hydrogen) atoms. The lowest BCUT2D eigenvalue weighted by atomic mass is 10.1. The van der Waals surface area contributed by atoms with Crippen LogP contribution >= 0.6 is 11.6 Å². The van der Waals surface area contributed by atoms with Gasteiger partial charge in [-0.05, 0) is 36.2 Å². The molecule has 2 rings (SSSR count). The largest absolute Gasteiger partial charge is 0.279 e. The summed E-state index contributed by atoms with van der Waals surface area (Å²) in [4.78, 5) is 0.137. The van der Waals surface area contributed by atoms with E-state index in [-0.39, 0.29) is 4.90 Å². The average molecular weight is 308 g/mol. The Kier molecular flexibility index (Phi) is 4.47. The van der Waals surface area contributed by atoms with E-state index in [0.717, 1.165) is 5.56 Å². The minimum atomic E-state index is -3.65. The van der Waals surface area contributed by atoms with Gasteiger partial charge in [0, 0.05) is 5.02 Å². The van der Waals surface area contributed by atoms with Crippen molar-refractivity contribution in [3.8, 4) is 0 Å². The summed E-state index contributed by atoms with van der Waals surface area (Å²) in [7, 11) is -3.65. The second kappa shape index (κ2) is 6.11. The number of nitrogens with one attached hydrogen (secondary N) is 1. The Morgan fingerprint density at radius 1 is 1.15 bits per heavy atom. The fourth-order valence-electron chi connectivity index (χ4n) is 1.79. The molecular formula is C15H14ClNO2S. The molecule has 1 N–H and O–H groups in total. The van der Waals surface area contributed by atoms with Crippen molar-refractivity contribution >= 4 is 27.3 Å². The lowest BCUT2D eigenvalue weighted by Gasteiger charge is -2.11. The molecular weight excluding hydrogens is 294 g/mol. The molecule has 5 heteroatoms. The van der Waals surface area contributed by atoms with Crippen LogP contribution in [0.15, 0.2) is 66.1 Å². The Labute approximate surface area is 124 Å². The van der Waals surface area contributed by atoms with Crippen LogP contribution in [-0.2, 0) is 16.4 Å². The molecule has 104 valence electrons. The first-order valence-corrected chi connectivity index (χ1v) is 7.86. The van der Waals surface area contributed by atoms with Crippen molar-refractivity contribution in [1.29, 1.82) is 0 Å². The van der Waals surface area contributed by atoms with E-state index in [4.69, 9.17) is 11.6 Å². The monoisotopic (exact) mass is 307 g/mol. The standard InChI is InChI=1S/C15H14ClNO2S/c1-2-6-12-7-3-4-10-15(12)17-20(18,19)14-9-5-8-13(16)11-14/h2-5,7-11,17H,1,6H2. The summed E-state index contributed by atoms with van der Waals surface area (Å²) in [5.41, 5.74) is 1.42. The molecule has 0 aromatic heterocycles. The van der Waals surface area contributed by atoms with E-state index in [1.165, 1.54) is 12.1 Å². The number of hydrogen-bond donors (Lipinski definition) is 1. The summed E-state index contributed by atoms with van der Waals surface area (Å²) in [5, 5.41) is 0.382. The third kappa shape index (κ3) is 3.40. The van der Waals surface area contributed by atoms with Gasteiger partial charge in [-0.25, -0.2) is 8.42 Å². The highest BCUT2D eigenvalue weighted by Crippen LogP contribution is 2.22. The molecule has 0 spiro atoms. The minimum Gasteiger partial charge on any atom is -0.279 e. The fourth-order valence-corrected chi connectivity index (χ4v) is 3.19. The molecule has 0 atom stereocenters. The molecule has 0 unspecified atom stereocenters. The quantitative estimate of drug-likeness (QED) is 0.852. The minimum absolute atomic E-state index is 0.137. The number of hydrogen-bond acceptors (Lipinski definition) is 2. The predicted octanol–water partition coefficient (Wildman–Crippen LogP) is 3.87. The summed E-state index contributed by atoms with van der Waals surface area (Å²) >= 11 is 5.83. The summed E-state index contributed by atoms with van der Waals surface area (Å²) in [6.07, 6.45) is 2.32. The van der Waals surface area contributed by atoms with Crippen LogP contribution in [0.4, 0.5) is 5.69 Å². The average Bonchev–Trinajstić information content (AvgIpc) is 2.41. The predicted molar refractivity (Wildman–Crippen MR) is 82.6 cm³/mol. The van der Waals surface area contributed by atoms with Crippen molar-refractivity contribution < 1.29 is 8.42 Å². The zero-order valence-corrected chi connectivity index (χ0v) is 12.3. The smallest absolute Gasteiger partial charge is 0.261 e. The first-order chi connectivity index (χ1) is 9.53. The van der Waals surface area contributed by atoms with Crippen molar-refractivity contribution in [2.75, 3.05) is 4.72 Å². The van der Waals surface area contributed by atoms with Gasteiger partial charge in [-0.15, -0.1) is 6.58 Å². The Balaban J connectivity index is 2.36. The van der Waals surface area contributed by atoms with E-state index < -0.39 is 10.0 Å². The maximum atomic E-state index is 12.3. The molecule has 0 aliphatic heterocycles. The van der Waals surface area contributed by atoms with Crippen LogP contribution in [0.2, 0.25) is 5.02 Å². The van der Waals surface area contributed by atoms with Gasteiger partial charge in [0.2, 0.25) is 0 Å².